The Morgan fingerprint density at radius 1 is 0.941 bits per heavy atom. The van der Waals surface area contributed by atoms with Gasteiger partial charge in [0, 0.05) is 20.2 Å². The van der Waals surface area contributed by atoms with Gasteiger partial charge in [-0.3, -0.25) is 0 Å². The Balaban J connectivity index is 2.48. The molecule has 0 nitrogen and oxygen atoms in total. The maximum absolute atomic E-state index is 2.29. The molecule has 0 spiro atoms. The summed E-state index contributed by atoms with van der Waals surface area (Å²) in [5, 5.41) is 2.87. The van der Waals surface area contributed by atoms with Gasteiger partial charge in [0.15, 0.2) is 0 Å². The average Bonchev–Trinajstić information content (AvgIpc) is 2.67. The second-order valence-electron chi connectivity index (χ2n) is 4.91. The maximum atomic E-state index is 2.29. The molecule has 17 heavy (non-hydrogen) atoms. The van der Waals surface area contributed by atoms with E-state index >= 15 is 0 Å². The fraction of sp³-hybridized carbons (Fsp3) is 0.250. The molecule has 0 atom stereocenters. The second-order valence-corrected chi connectivity index (χ2v) is 5.99. The molecule has 3 rings (SSSR count). The van der Waals surface area contributed by atoms with Crippen molar-refractivity contribution >= 4 is 31.5 Å². The Kier molecular flexibility index (Phi) is 2.44. The summed E-state index contributed by atoms with van der Waals surface area (Å²) in [4.78, 5) is 0. The zero-order valence-electron chi connectivity index (χ0n) is 10.4. The number of thiophene rings is 1. The van der Waals surface area contributed by atoms with E-state index in [0.29, 0.717) is 5.92 Å². The quantitative estimate of drug-likeness (QED) is 0.528. The van der Waals surface area contributed by atoms with E-state index < -0.39 is 0 Å². The summed E-state index contributed by atoms with van der Waals surface area (Å²) in [7, 11) is 0. The van der Waals surface area contributed by atoms with Gasteiger partial charge in [0.2, 0.25) is 0 Å². The van der Waals surface area contributed by atoms with Crippen molar-refractivity contribution in [3.05, 3.63) is 47.5 Å². The highest BCUT2D eigenvalue weighted by atomic mass is 32.1. The van der Waals surface area contributed by atoms with Crippen LogP contribution in [-0.4, -0.2) is 0 Å². The lowest BCUT2D eigenvalue weighted by molar-refractivity contribution is 0.860. The molecule has 0 N–H and O–H groups in total. The van der Waals surface area contributed by atoms with Crippen LogP contribution in [0.15, 0.2) is 36.4 Å². The zero-order valence-corrected chi connectivity index (χ0v) is 11.3. The first-order valence-electron chi connectivity index (χ1n) is 6.09. The number of aryl methyl sites for hydroxylation is 1. The number of fused-ring (bicyclic) bond motifs is 3. The van der Waals surface area contributed by atoms with Gasteiger partial charge in [-0.2, -0.15) is 0 Å². The van der Waals surface area contributed by atoms with Crippen molar-refractivity contribution in [2.45, 2.75) is 26.7 Å². The van der Waals surface area contributed by atoms with Crippen LogP contribution in [0.2, 0.25) is 0 Å². The molecule has 0 aliphatic carbocycles. The molecule has 0 aliphatic rings. The Bertz CT molecular complexity index is 689. The number of benzene rings is 2. The molecular formula is C16H16S. The largest absolute Gasteiger partial charge is 0.135 e. The summed E-state index contributed by atoms with van der Waals surface area (Å²) in [6.07, 6.45) is 0. The van der Waals surface area contributed by atoms with E-state index in [4.69, 9.17) is 0 Å². The topological polar surface area (TPSA) is 0 Å². The van der Waals surface area contributed by atoms with Crippen molar-refractivity contribution in [1.29, 1.82) is 0 Å². The van der Waals surface area contributed by atoms with Crippen molar-refractivity contribution in [3.8, 4) is 0 Å². The standard InChI is InChI=1S/C16H16S/c1-10(2)12-8-9-15-16(11(12)3)13-6-4-5-7-14(13)17-15/h4-10H,1-3H3. The highest BCUT2D eigenvalue weighted by Gasteiger charge is 2.11. The summed E-state index contributed by atoms with van der Waals surface area (Å²) in [5.74, 6) is 0.595. The SMILES string of the molecule is Cc1c(C(C)C)ccc2sc3ccccc3c12. The van der Waals surface area contributed by atoms with Crippen LogP contribution in [0.5, 0.6) is 0 Å². The van der Waals surface area contributed by atoms with Crippen molar-refractivity contribution in [1.82, 2.24) is 0 Å². The van der Waals surface area contributed by atoms with Gasteiger partial charge in [-0.1, -0.05) is 38.1 Å². The smallest absolute Gasteiger partial charge is 0.0358 e. The van der Waals surface area contributed by atoms with Crippen LogP contribution in [-0.2, 0) is 0 Å². The highest BCUT2D eigenvalue weighted by Crippen LogP contribution is 2.38. The Labute approximate surface area is 106 Å². The third kappa shape index (κ3) is 1.57. The molecule has 0 saturated heterocycles. The minimum absolute atomic E-state index is 0.595. The molecule has 0 unspecified atom stereocenters. The van der Waals surface area contributed by atoms with Crippen LogP contribution >= 0.6 is 11.3 Å². The van der Waals surface area contributed by atoms with E-state index in [1.165, 1.54) is 31.3 Å². The Morgan fingerprint density at radius 2 is 1.71 bits per heavy atom. The Morgan fingerprint density at radius 3 is 2.47 bits per heavy atom. The van der Waals surface area contributed by atoms with Crippen LogP contribution < -0.4 is 0 Å². The molecule has 1 aromatic heterocycles. The summed E-state index contributed by atoms with van der Waals surface area (Å²) >= 11 is 1.90. The van der Waals surface area contributed by atoms with Crippen LogP contribution in [0, 0.1) is 6.92 Å². The highest BCUT2D eigenvalue weighted by molar-refractivity contribution is 7.25. The molecule has 1 heteroatoms. The summed E-state index contributed by atoms with van der Waals surface area (Å²) in [5.41, 5.74) is 2.93. The molecule has 86 valence electrons. The molecule has 3 aromatic rings. The van der Waals surface area contributed by atoms with Crippen LogP contribution in [0.3, 0.4) is 0 Å². The average molecular weight is 240 g/mol. The van der Waals surface area contributed by atoms with Crippen molar-refractivity contribution in [3.63, 3.8) is 0 Å². The van der Waals surface area contributed by atoms with Gasteiger partial charge >= 0.3 is 0 Å². The van der Waals surface area contributed by atoms with E-state index in [1.807, 2.05) is 11.3 Å². The van der Waals surface area contributed by atoms with Crippen molar-refractivity contribution in [2.24, 2.45) is 0 Å². The van der Waals surface area contributed by atoms with Gasteiger partial charge in [-0.15, -0.1) is 11.3 Å². The van der Waals surface area contributed by atoms with Gasteiger partial charge in [-0.05, 0) is 36.1 Å². The Hall–Kier alpha value is -1.34. The van der Waals surface area contributed by atoms with E-state index in [2.05, 4.69) is 57.2 Å². The van der Waals surface area contributed by atoms with Gasteiger partial charge < -0.3 is 0 Å². The number of hydrogen-bond donors (Lipinski definition) is 0. The van der Waals surface area contributed by atoms with Crippen molar-refractivity contribution < 1.29 is 0 Å². The monoisotopic (exact) mass is 240 g/mol. The third-order valence-corrected chi connectivity index (χ3v) is 4.60. The van der Waals surface area contributed by atoms with Gasteiger partial charge in [-0.25, -0.2) is 0 Å². The predicted octanol–water partition coefficient (Wildman–Crippen LogP) is 5.49. The molecule has 0 aliphatic heterocycles. The summed E-state index contributed by atoms with van der Waals surface area (Å²) in [6, 6.07) is 13.3. The second kappa shape index (κ2) is 3.85. The fourth-order valence-corrected chi connectivity index (χ4v) is 3.79. The van der Waals surface area contributed by atoms with E-state index in [0.717, 1.165) is 0 Å². The lowest BCUT2D eigenvalue weighted by atomic mass is 9.94. The van der Waals surface area contributed by atoms with E-state index in [9.17, 15) is 0 Å². The molecule has 0 fully saturated rings. The minimum Gasteiger partial charge on any atom is -0.135 e. The van der Waals surface area contributed by atoms with Crippen LogP contribution in [0.25, 0.3) is 20.2 Å². The molecule has 0 bridgehead atoms. The van der Waals surface area contributed by atoms with Gasteiger partial charge in [0.1, 0.15) is 0 Å². The van der Waals surface area contributed by atoms with Crippen LogP contribution in [0.1, 0.15) is 30.9 Å². The maximum Gasteiger partial charge on any atom is 0.0358 e. The van der Waals surface area contributed by atoms with E-state index in [-0.39, 0.29) is 0 Å². The fourth-order valence-electron chi connectivity index (χ4n) is 2.63. The first-order chi connectivity index (χ1) is 8.18. The van der Waals surface area contributed by atoms with Gasteiger partial charge in [0.25, 0.3) is 0 Å². The number of rotatable bonds is 1. The molecule has 2 aromatic carbocycles. The molecule has 0 radical (unpaired) electrons. The van der Waals surface area contributed by atoms with Crippen molar-refractivity contribution in [2.75, 3.05) is 0 Å². The van der Waals surface area contributed by atoms with E-state index in [1.54, 1.807) is 0 Å². The normalized spacial score (nSPS) is 11.8. The lowest BCUT2D eigenvalue weighted by Crippen LogP contribution is -1.91. The third-order valence-electron chi connectivity index (χ3n) is 3.47. The summed E-state index contributed by atoms with van der Waals surface area (Å²) in [6.45, 7) is 6.79. The molecule has 0 saturated carbocycles. The number of hydrogen-bond acceptors (Lipinski definition) is 1. The first-order valence-corrected chi connectivity index (χ1v) is 6.91. The van der Waals surface area contributed by atoms with Gasteiger partial charge in [0.05, 0.1) is 0 Å². The minimum atomic E-state index is 0.595. The molecule has 1 heterocycles. The summed E-state index contributed by atoms with van der Waals surface area (Å²) < 4.78 is 2.81. The molecule has 0 amide bonds. The molecular weight excluding hydrogens is 224 g/mol. The zero-order chi connectivity index (χ0) is 12.0. The van der Waals surface area contributed by atoms with Crippen LogP contribution in [0.4, 0.5) is 0 Å². The first kappa shape index (κ1) is 10.8. The predicted molar refractivity (Wildman–Crippen MR) is 78.2 cm³/mol. The lowest BCUT2D eigenvalue weighted by Gasteiger charge is -2.10.